The highest BCUT2D eigenvalue weighted by molar-refractivity contribution is 6.00. The third-order valence-corrected chi connectivity index (χ3v) is 5.85. The highest BCUT2D eigenvalue weighted by Gasteiger charge is 2.42. The van der Waals surface area contributed by atoms with Crippen molar-refractivity contribution in [3.63, 3.8) is 0 Å². The number of hydrogen-bond acceptors (Lipinski definition) is 5. The van der Waals surface area contributed by atoms with Crippen LogP contribution in [0.3, 0.4) is 0 Å². The number of ether oxygens (including phenoxy) is 2. The number of nitrogens with one attached hydrogen (secondary N) is 1. The van der Waals surface area contributed by atoms with Crippen molar-refractivity contribution in [2.75, 3.05) is 26.9 Å². The fourth-order valence-corrected chi connectivity index (χ4v) is 4.53. The molecular formula is C26H29N3O4. The summed E-state index contributed by atoms with van der Waals surface area (Å²) in [5, 5.41) is 18.2. The van der Waals surface area contributed by atoms with Crippen molar-refractivity contribution in [3.8, 4) is 22.8 Å². The zero-order chi connectivity index (χ0) is 23.5. The predicted octanol–water partition coefficient (Wildman–Crippen LogP) is 4.55. The number of aromatic nitrogens is 2. The first-order valence-corrected chi connectivity index (χ1v) is 11.0. The van der Waals surface area contributed by atoms with Crippen molar-refractivity contribution in [3.05, 3.63) is 77.0 Å². The number of amides is 1. The first kappa shape index (κ1) is 22.6. The Morgan fingerprint density at radius 1 is 1.27 bits per heavy atom. The number of carbonyl (C=O) groups excluding carboxylic acids is 1. The number of methoxy groups -OCH3 is 1. The van der Waals surface area contributed by atoms with Gasteiger partial charge in [-0.15, -0.1) is 0 Å². The van der Waals surface area contributed by atoms with Gasteiger partial charge >= 0.3 is 0 Å². The number of phenols is 1. The fraction of sp³-hybridized carbons (Fsp3) is 0.308. The van der Waals surface area contributed by atoms with Crippen LogP contribution < -0.4 is 4.74 Å². The molecule has 4 rings (SSSR count). The average Bonchev–Trinajstić information content (AvgIpc) is 3.31. The normalized spacial score (nSPS) is 15.1. The Labute approximate surface area is 193 Å². The van der Waals surface area contributed by atoms with Gasteiger partial charge in [0.1, 0.15) is 29.5 Å². The number of carbonyl (C=O) groups is 1. The van der Waals surface area contributed by atoms with Gasteiger partial charge in [0.2, 0.25) is 0 Å². The molecule has 0 saturated carbocycles. The largest absolute Gasteiger partial charge is 0.507 e. The van der Waals surface area contributed by atoms with Gasteiger partial charge in [0.15, 0.2) is 0 Å². The van der Waals surface area contributed by atoms with Crippen molar-refractivity contribution in [1.29, 1.82) is 0 Å². The summed E-state index contributed by atoms with van der Waals surface area (Å²) in [4.78, 5) is 15.2. The van der Waals surface area contributed by atoms with E-state index in [0.717, 1.165) is 22.3 Å². The van der Waals surface area contributed by atoms with E-state index in [0.29, 0.717) is 48.9 Å². The summed E-state index contributed by atoms with van der Waals surface area (Å²) in [5.74, 6) is 0.727. The SMILES string of the molecule is C=CCOc1cccc(C2c3c(-c4c(C)cc(C)cc4O)n[nH]c3C(=O)N2CCCOC)c1. The second-order valence-electron chi connectivity index (χ2n) is 8.26. The van der Waals surface area contributed by atoms with Crippen LogP contribution in [0.2, 0.25) is 0 Å². The number of nitrogens with zero attached hydrogens (tertiary/aromatic N) is 2. The summed E-state index contributed by atoms with van der Waals surface area (Å²) in [7, 11) is 1.65. The summed E-state index contributed by atoms with van der Waals surface area (Å²) < 4.78 is 11.0. The van der Waals surface area contributed by atoms with Crippen molar-refractivity contribution < 1.29 is 19.4 Å². The van der Waals surface area contributed by atoms with Crippen LogP contribution in [0.15, 0.2) is 49.1 Å². The lowest BCUT2D eigenvalue weighted by atomic mass is 9.93. The van der Waals surface area contributed by atoms with Gasteiger partial charge in [0.25, 0.3) is 5.91 Å². The Bertz CT molecular complexity index is 1160. The topological polar surface area (TPSA) is 87.7 Å². The molecule has 7 heteroatoms. The number of benzene rings is 2. The maximum atomic E-state index is 13.4. The van der Waals surface area contributed by atoms with E-state index in [9.17, 15) is 9.90 Å². The molecule has 7 nitrogen and oxygen atoms in total. The van der Waals surface area contributed by atoms with E-state index in [-0.39, 0.29) is 17.7 Å². The zero-order valence-electron chi connectivity index (χ0n) is 19.2. The van der Waals surface area contributed by atoms with E-state index in [1.54, 1.807) is 19.3 Å². The molecule has 0 radical (unpaired) electrons. The molecule has 0 saturated heterocycles. The third kappa shape index (κ3) is 4.24. The summed E-state index contributed by atoms with van der Waals surface area (Å²) in [6.07, 6.45) is 2.39. The molecule has 172 valence electrons. The van der Waals surface area contributed by atoms with Crippen molar-refractivity contribution in [2.24, 2.45) is 0 Å². The lowest BCUT2D eigenvalue weighted by Crippen LogP contribution is -2.31. The number of H-pyrrole nitrogens is 1. The van der Waals surface area contributed by atoms with Gasteiger partial charge in [-0.25, -0.2) is 0 Å². The van der Waals surface area contributed by atoms with Crippen LogP contribution >= 0.6 is 0 Å². The molecule has 3 aromatic rings. The van der Waals surface area contributed by atoms with Crippen molar-refractivity contribution >= 4 is 5.91 Å². The second kappa shape index (κ2) is 9.50. The van der Waals surface area contributed by atoms with Crippen LogP contribution in [-0.4, -0.2) is 53.0 Å². The molecule has 1 aliphatic rings. The van der Waals surface area contributed by atoms with Gasteiger partial charge in [-0.05, 0) is 55.2 Å². The van der Waals surface area contributed by atoms with Crippen LogP contribution in [0.1, 0.15) is 45.2 Å². The van der Waals surface area contributed by atoms with Crippen LogP contribution in [0.5, 0.6) is 11.5 Å². The molecule has 1 aliphatic heterocycles. The molecule has 0 aliphatic carbocycles. The Kier molecular flexibility index (Phi) is 6.51. The number of rotatable bonds is 9. The molecule has 33 heavy (non-hydrogen) atoms. The number of fused-ring (bicyclic) bond motifs is 1. The predicted molar refractivity (Wildman–Crippen MR) is 127 cm³/mol. The average molecular weight is 448 g/mol. The number of hydrogen-bond donors (Lipinski definition) is 2. The first-order valence-electron chi connectivity index (χ1n) is 11.0. The van der Waals surface area contributed by atoms with E-state index in [2.05, 4.69) is 16.8 Å². The molecule has 1 unspecified atom stereocenters. The molecule has 0 fully saturated rings. The first-order chi connectivity index (χ1) is 16.0. The monoisotopic (exact) mass is 447 g/mol. The molecule has 2 heterocycles. The highest BCUT2D eigenvalue weighted by Crippen LogP contribution is 2.46. The Morgan fingerprint density at radius 2 is 2.09 bits per heavy atom. The summed E-state index contributed by atoms with van der Waals surface area (Å²) in [5.41, 5.74) is 5.20. The van der Waals surface area contributed by atoms with Gasteiger partial charge in [-0.2, -0.15) is 5.10 Å². The van der Waals surface area contributed by atoms with E-state index in [1.165, 1.54) is 0 Å². The zero-order valence-corrected chi connectivity index (χ0v) is 19.2. The fourth-order valence-electron chi connectivity index (χ4n) is 4.53. The molecule has 2 aromatic carbocycles. The maximum absolute atomic E-state index is 13.4. The summed E-state index contributed by atoms with van der Waals surface area (Å²) >= 11 is 0. The van der Waals surface area contributed by atoms with Gasteiger partial charge < -0.3 is 19.5 Å². The standard InChI is InChI=1S/C26H29N3O4/c1-5-11-33-19-9-6-8-18(15-19)25-22-23(21-17(3)13-16(2)14-20(21)30)27-28-24(22)26(31)29(25)10-7-12-32-4/h5-6,8-9,13-15,25,30H,1,7,10-12H2,2-4H3,(H,27,28). The number of aromatic amines is 1. The van der Waals surface area contributed by atoms with Gasteiger partial charge in [0.05, 0.1) is 6.04 Å². The molecule has 1 atom stereocenters. The Hall–Kier alpha value is -3.58. The number of phenolic OH excluding ortho intramolecular Hbond substituents is 1. The Balaban J connectivity index is 1.85. The quantitative estimate of drug-likeness (QED) is 0.371. The third-order valence-electron chi connectivity index (χ3n) is 5.85. The van der Waals surface area contributed by atoms with Gasteiger partial charge in [0, 0.05) is 31.4 Å². The minimum absolute atomic E-state index is 0.119. The summed E-state index contributed by atoms with van der Waals surface area (Å²) in [6.45, 7) is 9.05. The molecular weight excluding hydrogens is 418 g/mol. The van der Waals surface area contributed by atoms with E-state index >= 15 is 0 Å². The van der Waals surface area contributed by atoms with E-state index in [1.807, 2.05) is 49.1 Å². The van der Waals surface area contributed by atoms with Gasteiger partial charge in [-0.1, -0.05) is 30.9 Å². The van der Waals surface area contributed by atoms with Crippen molar-refractivity contribution in [2.45, 2.75) is 26.3 Å². The highest BCUT2D eigenvalue weighted by atomic mass is 16.5. The van der Waals surface area contributed by atoms with E-state index < -0.39 is 0 Å². The van der Waals surface area contributed by atoms with Crippen LogP contribution in [0, 0.1) is 13.8 Å². The number of aryl methyl sites for hydroxylation is 2. The summed E-state index contributed by atoms with van der Waals surface area (Å²) in [6, 6.07) is 11.1. The number of aromatic hydroxyl groups is 1. The van der Waals surface area contributed by atoms with E-state index in [4.69, 9.17) is 9.47 Å². The smallest absolute Gasteiger partial charge is 0.273 e. The minimum Gasteiger partial charge on any atom is -0.507 e. The van der Waals surface area contributed by atoms with Crippen LogP contribution in [-0.2, 0) is 4.74 Å². The van der Waals surface area contributed by atoms with Crippen LogP contribution in [0.25, 0.3) is 11.3 Å². The maximum Gasteiger partial charge on any atom is 0.273 e. The second-order valence-corrected chi connectivity index (χ2v) is 8.26. The minimum atomic E-state index is -0.370. The molecule has 0 spiro atoms. The lowest BCUT2D eigenvalue weighted by Gasteiger charge is -2.27. The van der Waals surface area contributed by atoms with Crippen molar-refractivity contribution in [1.82, 2.24) is 15.1 Å². The van der Waals surface area contributed by atoms with Gasteiger partial charge in [-0.3, -0.25) is 9.89 Å². The molecule has 0 bridgehead atoms. The van der Waals surface area contributed by atoms with Crippen LogP contribution in [0.4, 0.5) is 0 Å². The molecule has 1 aromatic heterocycles. The molecule has 1 amide bonds. The molecule has 2 N–H and O–H groups in total. The Morgan fingerprint density at radius 3 is 2.82 bits per heavy atom. The lowest BCUT2D eigenvalue weighted by molar-refractivity contribution is 0.0723.